The summed E-state index contributed by atoms with van der Waals surface area (Å²) in [6, 6.07) is 7.81. The maximum atomic E-state index is 11.7. The summed E-state index contributed by atoms with van der Waals surface area (Å²) >= 11 is 0. The summed E-state index contributed by atoms with van der Waals surface area (Å²) in [5.74, 6) is -0.112. The molecule has 1 aromatic heterocycles. The number of carbonyl (C=O) groups is 1. The number of nitrogens with one attached hydrogen (secondary N) is 1. The largest absolute Gasteiger partial charge is 0.373 e. The van der Waals surface area contributed by atoms with Gasteiger partial charge in [-0.25, -0.2) is 0 Å². The average Bonchev–Trinajstić information content (AvgIpc) is 2.36. The number of H-pyrrole nitrogens is 1. The number of hydrogen-bond donors (Lipinski definition) is 2. The minimum atomic E-state index is -1.39. The highest BCUT2D eigenvalue weighted by molar-refractivity contribution is 5.98. The molecule has 5 heteroatoms. The lowest BCUT2D eigenvalue weighted by Crippen LogP contribution is -2.11. The molecule has 0 aliphatic heterocycles. The summed E-state index contributed by atoms with van der Waals surface area (Å²) in [7, 11) is 0. The van der Waals surface area contributed by atoms with Gasteiger partial charge in [-0.05, 0) is 30.5 Å². The van der Waals surface area contributed by atoms with Crippen LogP contribution in [0.2, 0.25) is 0 Å². The van der Waals surface area contributed by atoms with E-state index in [9.17, 15) is 14.7 Å². The van der Waals surface area contributed by atoms with Crippen molar-refractivity contribution in [3.05, 3.63) is 45.9 Å². The van der Waals surface area contributed by atoms with E-state index in [-0.39, 0.29) is 11.5 Å². The Bertz CT molecular complexity index is 725. The van der Waals surface area contributed by atoms with Gasteiger partial charge in [-0.15, -0.1) is 0 Å². The monoisotopic (exact) mass is 242 g/mol. The van der Waals surface area contributed by atoms with E-state index in [1.807, 2.05) is 0 Å². The number of aliphatic hydroxyl groups is 1. The Hall–Kier alpha value is -2.45. The molecule has 0 bridgehead atoms. The van der Waals surface area contributed by atoms with Gasteiger partial charge in [0.25, 0.3) is 5.56 Å². The number of aliphatic hydroxyl groups excluding tert-OH is 1. The molecule has 1 unspecified atom stereocenters. The first-order valence-electron chi connectivity index (χ1n) is 5.28. The SMILES string of the molecule is CC(=O)c1ccc2c(=O)[nH]c(C(O)C#N)cc2c1. The van der Waals surface area contributed by atoms with Crippen molar-refractivity contribution in [1.82, 2.24) is 4.98 Å². The number of aromatic amines is 1. The van der Waals surface area contributed by atoms with Crippen molar-refractivity contribution in [2.45, 2.75) is 13.0 Å². The highest BCUT2D eigenvalue weighted by Crippen LogP contribution is 2.17. The molecule has 0 fully saturated rings. The Balaban J connectivity index is 2.73. The molecule has 0 spiro atoms. The fourth-order valence-electron chi connectivity index (χ4n) is 1.73. The zero-order chi connectivity index (χ0) is 13.3. The molecule has 1 atom stereocenters. The van der Waals surface area contributed by atoms with Gasteiger partial charge in [0.15, 0.2) is 11.9 Å². The van der Waals surface area contributed by atoms with Crippen LogP contribution >= 0.6 is 0 Å². The van der Waals surface area contributed by atoms with Gasteiger partial charge >= 0.3 is 0 Å². The van der Waals surface area contributed by atoms with Crippen LogP contribution in [-0.4, -0.2) is 15.9 Å². The topological polar surface area (TPSA) is 93.9 Å². The maximum absolute atomic E-state index is 11.7. The molecule has 0 aliphatic carbocycles. The van der Waals surface area contributed by atoms with Gasteiger partial charge in [0, 0.05) is 10.9 Å². The Morgan fingerprint density at radius 3 is 2.78 bits per heavy atom. The Morgan fingerprint density at radius 2 is 2.17 bits per heavy atom. The lowest BCUT2D eigenvalue weighted by molar-refractivity contribution is 0.101. The Kier molecular flexibility index (Phi) is 2.96. The van der Waals surface area contributed by atoms with Crippen LogP contribution in [0.25, 0.3) is 10.8 Å². The molecule has 0 amide bonds. The molecule has 0 radical (unpaired) electrons. The van der Waals surface area contributed by atoms with Crippen molar-refractivity contribution in [1.29, 1.82) is 5.26 Å². The number of fused-ring (bicyclic) bond motifs is 1. The summed E-state index contributed by atoms with van der Waals surface area (Å²) < 4.78 is 0. The third-order valence-electron chi connectivity index (χ3n) is 2.69. The van der Waals surface area contributed by atoms with Gasteiger partial charge in [-0.3, -0.25) is 9.59 Å². The first-order valence-corrected chi connectivity index (χ1v) is 5.28. The van der Waals surface area contributed by atoms with Crippen LogP contribution < -0.4 is 5.56 Å². The van der Waals surface area contributed by atoms with E-state index in [1.165, 1.54) is 13.0 Å². The predicted molar refractivity (Wildman–Crippen MR) is 65.1 cm³/mol. The van der Waals surface area contributed by atoms with Crippen molar-refractivity contribution in [2.24, 2.45) is 0 Å². The second-order valence-corrected chi connectivity index (χ2v) is 3.94. The lowest BCUT2D eigenvalue weighted by atomic mass is 10.0. The fourth-order valence-corrected chi connectivity index (χ4v) is 1.73. The summed E-state index contributed by atoms with van der Waals surface area (Å²) in [5.41, 5.74) is 0.202. The number of carbonyl (C=O) groups excluding carboxylic acids is 1. The van der Waals surface area contributed by atoms with Crippen LogP contribution in [-0.2, 0) is 0 Å². The number of ketones is 1. The standard InChI is InChI=1S/C13H10N2O3/c1-7(16)8-2-3-10-9(4-8)5-11(12(17)6-14)15-13(10)18/h2-5,12,17H,1H3,(H,15,18). The zero-order valence-electron chi connectivity index (χ0n) is 9.60. The first-order chi connectivity index (χ1) is 8.52. The highest BCUT2D eigenvalue weighted by atomic mass is 16.3. The second kappa shape index (κ2) is 4.43. The van der Waals surface area contributed by atoms with Gasteiger partial charge in [-0.1, -0.05) is 6.07 Å². The molecule has 2 rings (SSSR count). The Labute approximate surface area is 102 Å². The molecule has 2 N–H and O–H groups in total. The molecule has 0 aliphatic rings. The summed E-state index contributed by atoms with van der Waals surface area (Å²) in [6.45, 7) is 1.43. The molecule has 2 aromatic rings. The van der Waals surface area contributed by atoms with Crippen molar-refractivity contribution in [3.8, 4) is 6.07 Å². The van der Waals surface area contributed by atoms with E-state index in [0.29, 0.717) is 16.3 Å². The van der Waals surface area contributed by atoms with E-state index in [0.717, 1.165) is 0 Å². The normalized spacial score (nSPS) is 12.1. The molecular weight excluding hydrogens is 232 g/mol. The molecule has 5 nitrogen and oxygen atoms in total. The van der Waals surface area contributed by atoms with Crippen LogP contribution in [0.3, 0.4) is 0 Å². The van der Waals surface area contributed by atoms with E-state index >= 15 is 0 Å². The molecule has 1 aromatic carbocycles. The van der Waals surface area contributed by atoms with Gasteiger partial charge in [-0.2, -0.15) is 5.26 Å². The van der Waals surface area contributed by atoms with Gasteiger partial charge in [0.1, 0.15) is 6.07 Å². The summed E-state index contributed by atoms with van der Waals surface area (Å²) in [4.78, 5) is 25.4. The quantitative estimate of drug-likeness (QED) is 0.612. The summed E-state index contributed by atoms with van der Waals surface area (Å²) in [5, 5.41) is 18.9. The molecule has 18 heavy (non-hydrogen) atoms. The van der Waals surface area contributed by atoms with E-state index in [1.54, 1.807) is 24.3 Å². The third-order valence-corrected chi connectivity index (χ3v) is 2.69. The average molecular weight is 242 g/mol. The maximum Gasteiger partial charge on any atom is 0.256 e. The number of aromatic nitrogens is 1. The minimum absolute atomic E-state index is 0.112. The van der Waals surface area contributed by atoms with Crippen molar-refractivity contribution in [2.75, 3.05) is 0 Å². The van der Waals surface area contributed by atoms with Crippen LogP contribution in [0.1, 0.15) is 29.1 Å². The van der Waals surface area contributed by atoms with Crippen LogP contribution in [0, 0.1) is 11.3 Å². The third kappa shape index (κ3) is 2.01. The number of pyridine rings is 1. The number of Topliss-reactive ketones (excluding diaryl/α,β-unsaturated/α-hetero) is 1. The van der Waals surface area contributed by atoms with Gasteiger partial charge < -0.3 is 10.1 Å². The van der Waals surface area contributed by atoms with E-state index in [2.05, 4.69) is 4.98 Å². The smallest absolute Gasteiger partial charge is 0.256 e. The van der Waals surface area contributed by atoms with Crippen LogP contribution in [0.5, 0.6) is 0 Å². The minimum Gasteiger partial charge on any atom is -0.373 e. The van der Waals surface area contributed by atoms with Crippen molar-refractivity contribution < 1.29 is 9.90 Å². The first kappa shape index (κ1) is 12.0. The number of rotatable bonds is 2. The fraction of sp³-hybridized carbons (Fsp3) is 0.154. The molecule has 1 heterocycles. The molecular formula is C13H10N2O3. The van der Waals surface area contributed by atoms with Gasteiger partial charge in [0.05, 0.1) is 5.69 Å². The van der Waals surface area contributed by atoms with E-state index in [4.69, 9.17) is 5.26 Å². The zero-order valence-corrected chi connectivity index (χ0v) is 9.60. The molecule has 0 saturated heterocycles. The number of hydrogen-bond acceptors (Lipinski definition) is 4. The second-order valence-electron chi connectivity index (χ2n) is 3.94. The van der Waals surface area contributed by atoms with Crippen LogP contribution in [0.15, 0.2) is 29.1 Å². The molecule has 0 saturated carbocycles. The van der Waals surface area contributed by atoms with E-state index < -0.39 is 11.7 Å². The van der Waals surface area contributed by atoms with Gasteiger partial charge in [0.2, 0.25) is 0 Å². The van der Waals surface area contributed by atoms with Crippen molar-refractivity contribution in [3.63, 3.8) is 0 Å². The van der Waals surface area contributed by atoms with Crippen LogP contribution in [0.4, 0.5) is 0 Å². The predicted octanol–water partition coefficient (Wildman–Crippen LogP) is 1.29. The Morgan fingerprint density at radius 1 is 1.44 bits per heavy atom. The lowest BCUT2D eigenvalue weighted by Gasteiger charge is -2.05. The number of nitrogens with zero attached hydrogens (tertiary/aromatic N) is 1. The number of nitriles is 1. The molecule has 90 valence electrons. The highest BCUT2D eigenvalue weighted by Gasteiger charge is 2.10. The number of benzene rings is 1. The van der Waals surface area contributed by atoms with Crippen molar-refractivity contribution >= 4 is 16.6 Å². The summed E-state index contributed by atoms with van der Waals surface area (Å²) in [6.07, 6.45) is -1.39.